The minimum Gasteiger partial charge on any atom is -0.299 e. The molecule has 0 aromatic carbocycles. The maximum Gasteiger partial charge on any atom is 0.137 e. The number of Topliss-reactive ketones (excluding diaryl/α,β-unsaturated/α-hetero) is 1. The van der Waals surface area contributed by atoms with Crippen LogP contribution in [0.4, 0.5) is 0 Å². The van der Waals surface area contributed by atoms with Crippen molar-refractivity contribution >= 4 is 17.4 Å². The second-order valence-electron chi connectivity index (χ2n) is 4.92. The fraction of sp³-hybridized carbons (Fsp3) is 0.500. The van der Waals surface area contributed by atoms with Gasteiger partial charge in [-0.25, -0.2) is 0 Å². The third-order valence-electron chi connectivity index (χ3n) is 1.97. The molecule has 1 heterocycles. The summed E-state index contributed by atoms with van der Waals surface area (Å²) in [6.45, 7) is 6.16. The van der Waals surface area contributed by atoms with Crippen molar-refractivity contribution in [2.24, 2.45) is 5.41 Å². The van der Waals surface area contributed by atoms with Gasteiger partial charge in [0.2, 0.25) is 0 Å². The third-order valence-corrected chi connectivity index (χ3v) is 2.31. The summed E-state index contributed by atoms with van der Waals surface area (Å²) in [5.74, 6) is 0.218. The first kappa shape index (κ1) is 12.2. The van der Waals surface area contributed by atoms with Gasteiger partial charge in [-0.15, -0.1) is 0 Å². The minimum absolute atomic E-state index is 0.0383. The van der Waals surface area contributed by atoms with Crippen LogP contribution in [-0.2, 0) is 11.2 Å². The highest BCUT2D eigenvalue weighted by Crippen LogP contribution is 2.21. The van der Waals surface area contributed by atoms with E-state index in [9.17, 15) is 4.79 Å². The lowest BCUT2D eigenvalue weighted by Gasteiger charge is -2.16. The van der Waals surface area contributed by atoms with E-state index in [1.165, 1.54) is 0 Å². The lowest BCUT2D eigenvalue weighted by atomic mass is 9.88. The van der Waals surface area contributed by atoms with Crippen LogP contribution >= 0.6 is 11.6 Å². The van der Waals surface area contributed by atoms with Crippen LogP contribution in [-0.4, -0.2) is 10.8 Å². The number of aromatic nitrogens is 1. The van der Waals surface area contributed by atoms with Crippen molar-refractivity contribution in [1.82, 2.24) is 4.98 Å². The van der Waals surface area contributed by atoms with Gasteiger partial charge in [0, 0.05) is 25.2 Å². The zero-order valence-electron chi connectivity index (χ0n) is 9.38. The molecule has 0 amide bonds. The molecule has 0 N–H and O–H groups in total. The van der Waals surface area contributed by atoms with Crippen LogP contribution in [0.3, 0.4) is 0 Å². The Morgan fingerprint density at radius 3 is 2.67 bits per heavy atom. The fourth-order valence-corrected chi connectivity index (χ4v) is 1.60. The van der Waals surface area contributed by atoms with E-state index in [4.69, 9.17) is 11.6 Å². The Morgan fingerprint density at radius 1 is 1.47 bits per heavy atom. The first-order valence-corrected chi connectivity index (χ1v) is 5.36. The van der Waals surface area contributed by atoms with Gasteiger partial charge in [0.1, 0.15) is 5.78 Å². The van der Waals surface area contributed by atoms with Gasteiger partial charge in [-0.3, -0.25) is 9.78 Å². The van der Waals surface area contributed by atoms with Gasteiger partial charge < -0.3 is 0 Å². The Bertz CT molecular complexity index is 355. The molecule has 0 atom stereocenters. The fourth-order valence-electron chi connectivity index (χ4n) is 1.41. The summed E-state index contributed by atoms with van der Waals surface area (Å²) in [4.78, 5) is 15.6. The molecule has 0 spiro atoms. The Labute approximate surface area is 95.7 Å². The van der Waals surface area contributed by atoms with Gasteiger partial charge in [-0.1, -0.05) is 32.4 Å². The highest BCUT2D eigenvalue weighted by atomic mass is 35.5. The molecule has 15 heavy (non-hydrogen) atoms. The monoisotopic (exact) mass is 225 g/mol. The molecule has 0 saturated heterocycles. The highest BCUT2D eigenvalue weighted by Gasteiger charge is 2.16. The number of hydrogen-bond acceptors (Lipinski definition) is 2. The van der Waals surface area contributed by atoms with Crippen LogP contribution in [0, 0.1) is 5.41 Å². The average molecular weight is 226 g/mol. The molecule has 1 aromatic heterocycles. The van der Waals surface area contributed by atoms with Crippen LogP contribution in [0.25, 0.3) is 0 Å². The first-order chi connectivity index (χ1) is 6.88. The summed E-state index contributed by atoms with van der Waals surface area (Å²) in [6, 6.07) is 1.79. The maximum atomic E-state index is 11.7. The molecule has 0 saturated carbocycles. The highest BCUT2D eigenvalue weighted by molar-refractivity contribution is 6.31. The van der Waals surface area contributed by atoms with E-state index in [0.717, 1.165) is 5.56 Å². The predicted octanol–water partition coefficient (Wildman–Crippen LogP) is 3.28. The quantitative estimate of drug-likeness (QED) is 0.790. The topological polar surface area (TPSA) is 30.0 Å². The maximum absolute atomic E-state index is 11.7. The summed E-state index contributed by atoms with van der Waals surface area (Å²) in [6.07, 6.45) is 4.21. The Balaban J connectivity index is 2.64. The molecule has 0 unspecified atom stereocenters. The Morgan fingerprint density at radius 2 is 2.13 bits per heavy atom. The van der Waals surface area contributed by atoms with Crippen LogP contribution in [0.2, 0.25) is 5.02 Å². The molecule has 3 heteroatoms. The Hall–Kier alpha value is -0.890. The number of rotatable bonds is 3. The average Bonchev–Trinajstić information content (AvgIpc) is 2.05. The van der Waals surface area contributed by atoms with E-state index in [0.29, 0.717) is 17.9 Å². The summed E-state index contributed by atoms with van der Waals surface area (Å²) < 4.78 is 0. The number of ketones is 1. The zero-order valence-corrected chi connectivity index (χ0v) is 10.1. The standard InChI is InChI=1S/C12H16ClNO/c1-12(2,3)7-10(15)6-9-4-5-14-8-11(9)13/h4-5,8H,6-7H2,1-3H3. The largest absolute Gasteiger partial charge is 0.299 e. The molecule has 82 valence electrons. The second-order valence-corrected chi connectivity index (χ2v) is 5.33. The van der Waals surface area contributed by atoms with Gasteiger partial charge >= 0.3 is 0 Å². The van der Waals surface area contributed by atoms with Gasteiger partial charge in [-0.05, 0) is 17.0 Å². The number of nitrogens with zero attached hydrogens (tertiary/aromatic N) is 1. The molecule has 0 bridgehead atoms. The lowest BCUT2D eigenvalue weighted by Crippen LogP contribution is -2.14. The van der Waals surface area contributed by atoms with E-state index < -0.39 is 0 Å². The van der Waals surface area contributed by atoms with Crippen molar-refractivity contribution in [1.29, 1.82) is 0 Å². The summed E-state index contributed by atoms with van der Waals surface area (Å²) in [5.41, 5.74) is 0.900. The smallest absolute Gasteiger partial charge is 0.137 e. The van der Waals surface area contributed by atoms with Crippen molar-refractivity contribution < 1.29 is 4.79 Å². The number of halogens is 1. The van der Waals surface area contributed by atoms with Crippen molar-refractivity contribution in [2.75, 3.05) is 0 Å². The van der Waals surface area contributed by atoms with Gasteiger partial charge in [0.15, 0.2) is 0 Å². The molecular weight excluding hydrogens is 210 g/mol. The van der Waals surface area contributed by atoms with Crippen molar-refractivity contribution in [3.05, 3.63) is 29.0 Å². The van der Waals surface area contributed by atoms with Crippen LogP contribution in [0.1, 0.15) is 32.8 Å². The Kier molecular flexibility index (Phi) is 3.86. The van der Waals surface area contributed by atoms with E-state index in [1.54, 1.807) is 18.5 Å². The molecule has 0 radical (unpaired) electrons. The molecular formula is C12H16ClNO. The number of carbonyl (C=O) groups excluding carboxylic acids is 1. The van der Waals surface area contributed by atoms with E-state index in [-0.39, 0.29) is 11.2 Å². The van der Waals surface area contributed by atoms with Crippen molar-refractivity contribution in [3.63, 3.8) is 0 Å². The molecule has 0 aliphatic rings. The molecule has 0 aliphatic carbocycles. The SMILES string of the molecule is CC(C)(C)CC(=O)Cc1ccncc1Cl. The van der Waals surface area contributed by atoms with Crippen molar-refractivity contribution in [2.45, 2.75) is 33.6 Å². The summed E-state index contributed by atoms with van der Waals surface area (Å²) in [7, 11) is 0. The molecule has 0 fully saturated rings. The van der Waals surface area contributed by atoms with Crippen LogP contribution < -0.4 is 0 Å². The molecule has 1 rings (SSSR count). The predicted molar refractivity (Wildman–Crippen MR) is 62.0 cm³/mol. The van der Waals surface area contributed by atoms with E-state index in [1.807, 2.05) is 0 Å². The summed E-state index contributed by atoms with van der Waals surface area (Å²) >= 11 is 5.92. The van der Waals surface area contributed by atoms with E-state index >= 15 is 0 Å². The van der Waals surface area contributed by atoms with Crippen LogP contribution in [0.15, 0.2) is 18.5 Å². The molecule has 2 nitrogen and oxygen atoms in total. The second kappa shape index (κ2) is 4.75. The number of carbonyl (C=O) groups is 1. The van der Waals surface area contributed by atoms with Gasteiger partial charge in [0.25, 0.3) is 0 Å². The normalized spacial score (nSPS) is 11.5. The summed E-state index contributed by atoms with van der Waals surface area (Å²) in [5, 5.41) is 0.569. The van der Waals surface area contributed by atoms with Gasteiger partial charge in [0.05, 0.1) is 5.02 Å². The zero-order chi connectivity index (χ0) is 11.5. The minimum atomic E-state index is 0.0383. The lowest BCUT2D eigenvalue weighted by molar-refractivity contribution is -0.120. The number of hydrogen-bond donors (Lipinski definition) is 0. The van der Waals surface area contributed by atoms with E-state index in [2.05, 4.69) is 25.8 Å². The number of pyridine rings is 1. The third kappa shape index (κ3) is 4.43. The first-order valence-electron chi connectivity index (χ1n) is 4.98. The van der Waals surface area contributed by atoms with Crippen LogP contribution in [0.5, 0.6) is 0 Å². The molecule has 0 aliphatic heterocycles. The molecule has 1 aromatic rings. The van der Waals surface area contributed by atoms with Gasteiger partial charge in [-0.2, -0.15) is 0 Å². The van der Waals surface area contributed by atoms with Crippen molar-refractivity contribution in [3.8, 4) is 0 Å².